The van der Waals surface area contributed by atoms with E-state index in [0.29, 0.717) is 28.5 Å². The van der Waals surface area contributed by atoms with Gasteiger partial charge in [0.05, 0.1) is 11.6 Å². The highest BCUT2D eigenvalue weighted by atomic mass is 15.0. The van der Waals surface area contributed by atoms with E-state index < -0.39 is 0 Å². The molecule has 1 heterocycles. The van der Waals surface area contributed by atoms with E-state index in [4.69, 9.17) is 15.0 Å². The molecule has 6 aromatic rings. The van der Waals surface area contributed by atoms with Gasteiger partial charge in [0.2, 0.25) is 0 Å². The second-order valence-corrected chi connectivity index (χ2v) is 14.5. The molecule has 8 rings (SSSR count). The van der Waals surface area contributed by atoms with Crippen molar-refractivity contribution in [2.45, 2.75) is 51.4 Å². The summed E-state index contributed by atoms with van der Waals surface area (Å²) >= 11 is 0. The zero-order chi connectivity index (χ0) is 33.4. The number of aromatic nitrogens is 3. The number of nitriles is 1. The average molecular weight is 637 g/mol. The number of fused-ring (bicyclic) bond motifs is 2. The molecule has 0 amide bonds. The minimum Gasteiger partial charge on any atom is -0.208 e. The molecule has 0 N–H and O–H groups in total. The summed E-state index contributed by atoms with van der Waals surface area (Å²) in [5.74, 6) is 4.17. The summed E-state index contributed by atoms with van der Waals surface area (Å²) in [5.41, 5.74) is 9.56. The molecule has 2 unspecified atom stereocenters. The molecule has 0 aliphatic heterocycles. The number of nitrogens with zero attached hydrogens (tertiary/aromatic N) is 4. The fourth-order valence-corrected chi connectivity index (χ4v) is 8.92. The highest BCUT2D eigenvalue weighted by Gasteiger charge is 2.45. The van der Waals surface area contributed by atoms with Crippen LogP contribution in [0.3, 0.4) is 0 Å². The van der Waals surface area contributed by atoms with Crippen LogP contribution in [-0.2, 0) is 5.41 Å². The second-order valence-electron chi connectivity index (χ2n) is 14.5. The smallest absolute Gasteiger partial charge is 0.164 e. The zero-order valence-corrected chi connectivity index (χ0v) is 28.2. The standard InChI is InChI=1S/C45H40N4/c1-30-22-33-23-31(2)27-45(26-30,28-33)39-19-16-34(17-20-39)37-18-21-40(41(25-37)35-11-5-3-6-12-35)44-48-42(36-13-7-4-8-14-36)47-43(49-44)38-15-9-10-32(24-38)29-46/h3-21,24-25,30-31,33H,22-23,26-28H2,1-2H3/t30-,31+,33?,45?. The van der Waals surface area contributed by atoms with Crippen LogP contribution in [-0.4, -0.2) is 15.0 Å². The van der Waals surface area contributed by atoms with E-state index in [1.807, 2.05) is 54.6 Å². The summed E-state index contributed by atoms with van der Waals surface area (Å²) in [6.45, 7) is 4.92. The third kappa shape index (κ3) is 6.18. The van der Waals surface area contributed by atoms with Gasteiger partial charge >= 0.3 is 0 Å². The summed E-state index contributed by atoms with van der Waals surface area (Å²) in [6, 6.07) is 46.3. The van der Waals surface area contributed by atoms with Crippen molar-refractivity contribution in [3.8, 4) is 62.5 Å². The van der Waals surface area contributed by atoms with Crippen molar-refractivity contribution in [2.75, 3.05) is 0 Å². The lowest BCUT2D eigenvalue weighted by Gasteiger charge is -2.50. The zero-order valence-electron chi connectivity index (χ0n) is 28.2. The van der Waals surface area contributed by atoms with Gasteiger partial charge in [-0.05, 0) is 107 Å². The Hall–Kier alpha value is -5.40. The molecule has 5 aromatic carbocycles. The molecule has 2 fully saturated rings. The number of rotatable bonds is 6. The first kappa shape index (κ1) is 30.9. The predicted molar refractivity (Wildman–Crippen MR) is 198 cm³/mol. The molecule has 2 aliphatic carbocycles. The van der Waals surface area contributed by atoms with Gasteiger partial charge in [-0.1, -0.05) is 117 Å². The fourth-order valence-electron chi connectivity index (χ4n) is 8.92. The van der Waals surface area contributed by atoms with Crippen molar-refractivity contribution in [1.29, 1.82) is 5.26 Å². The molecule has 0 radical (unpaired) electrons. The van der Waals surface area contributed by atoms with Gasteiger partial charge in [0.25, 0.3) is 0 Å². The third-order valence-electron chi connectivity index (χ3n) is 10.7. The molecule has 240 valence electrons. The van der Waals surface area contributed by atoms with Gasteiger partial charge in [-0.2, -0.15) is 5.26 Å². The molecule has 0 saturated heterocycles. The normalized spacial score (nSPS) is 21.5. The lowest BCUT2D eigenvalue weighted by Crippen LogP contribution is -2.42. The molecule has 49 heavy (non-hydrogen) atoms. The maximum absolute atomic E-state index is 9.59. The molecule has 2 bridgehead atoms. The Kier molecular flexibility index (Phi) is 8.14. The van der Waals surface area contributed by atoms with E-state index in [2.05, 4.69) is 86.6 Å². The maximum Gasteiger partial charge on any atom is 0.164 e. The first-order valence-corrected chi connectivity index (χ1v) is 17.6. The SMILES string of the molecule is C[C@@H]1CC2C[C@H](C)CC(c3ccc(-c4ccc(-c5nc(-c6ccccc6)nc(-c6cccc(C#N)c6)n5)c(-c5ccccc5)c4)cc3)(C2)C1. The monoisotopic (exact) mass is 636 g/mol. The molecule has 0 spiro atoms. The van der Waals surface area contributed by atoms with Crippen LogP contribution < -0.4 is 0 Å². The Morgan fingerprint density at radius 1 is 0.531 bits per heavy atom. The van der Waals surface area contributed by atoms with Crippen molar-refractivity contribution >= 4 is 0 Å². The molecule has 2 saturated carbocycles. The van der Waals surface area contributed by atoms with E-state index in [-0.39, 0.29) is 0 Å². The van der Waals surface area contributed by atoms with E-state index in [0.717, 1.165) is 51.1 Å². The van der Waals surface area contributed by atoms with E-state index >= 15 is 0 Å². The predicted octanol–water partition coefficient (Wildman–Crippen LogP) is 11.2. The van der Waals surface area contributed by atoms with Gasteiger partial charge in [-0.15, -0.1) is 0 Å². The van der Waals surface area contributed by atoms with Crippen LogP contribution in [0, 0.1) is 29.1 Å². The van der Waals surface area contributed by atoms with Crippen LogP contribution in [0.25, 0.3) is 56.4 Å². The fraction of sp³-hybridized carbons (Fsp3) is 0.244. The minimum atomic E-state index is 0.317. The summed E-state index contributed by atoms with van der Waals surface area (Å²) in [4.78, 5) is 15.0. The largest absolute Gasteiger partial charge is 0.208 e. The van der Waals surface area contributed by atoms with E-state index in [9.17, 15) is 5.26 Å². The molecule has 4 atom stereocenters. The molecular formula is C45H40N4. The van der Waals surface area contributed by atoms with E-state index in [1.54, 1.807) is 6.07 Å². The molecule has 2 aliphatic rings. The Balaban J connectivity index is 1.23. The van der Waals surface area contributed by atoms with Gasteiger partial charge in [0, 0.05) is 16.7 Å². The van der Waals surface area contributed by atoms with Crippen molar-refractivity contribution in [3.05, 3.63) is 139 Å². The van der Waals surface area contributed by atoms with Crippen molar-refractivity contribution < 1.29 is 0 Å². The second kappa shape index (κ2) is 12.9. The van der Waals surface area contributed by atoms with Crippen molar-refractivity contribution in [2.24, 2.45) is 17.8 Å². The van der Waals surface area contributed by atoms with Gasteiger partial charge < -0.3 is 0 Å². The van der Waals surface area contributed by atoms with Crippen LogP contribution in [0.1, 0.15) is 57.1 Å². The van der Waals surface area contributed by atoms with Crippen molar-refractivity contribution in [3.63, 3.8) is 0 Å². The number of hydrogen-bond donors (Lipinski definition) is 0. The Bertz CT molecular complexity index is 2130. The summed E-state index contributed by atoms with van der Waals surface area (Å²) < 4.78 is 0. The Labute approximate surface area is 289 Å². The number of benzene rings is 5. The minimum absolute atomic E-state index is 0.317. The van der Waals surface area contributed by atoms with Gasteiger partial charge in [0.15, 0.2) is 17.5 Å². The van der Waals surface area contributed by atoms with Crippen LogP contribution >= 0.6 is 0 Å². The van der Waals surface area contributed by atoms with Crippen LogP contribution in [0.4, 0.5) is 0 Å². The van der Waals surface area contributed by atoms with Gasteiger partial charge in [0.1, 0.15) is 0 Å². The lowest BCUT2D eigenvalue weighted by atomic mass is 9.54. The lowest BCUT2D eigenvalue weighted by molar-refractivity contribution is 0.0780. The molecule has 1 aromatic heterocycles. The highest BCUT2D eigenvalue weighted by molar-refractivity contribution is 5.86. The summed E-state index contributed by atoms with van der Waals surface area (Å²) in [5, 5.41) is 9.59. The Morgan fingerprint density at radius 2 is 1.12 bits per heavy atom. The van der Waals surface area contributed by atoms with E-state index in [1.165, 1.54) is 43.2 Å². The third-order valence-corrected chi connectivity index (χ3v) is 10.7. The molecule has 4 heteroatoms. The topological polar surface area (TPSA) is 62.5 Å². The van der Waals surface area contributed by atoms with Crippen molar-refractivity contribution in [1.82, 2.24) is 15.0 Å². The first-order valence-electron chi connectivity index (χ1n) is 17.6. The first-order chi connectivity index (χ1) is 24.0. The quantitative estimate of drug-likeness (QED) is 0.182. The number of hydrogen-bond acceptors (Lipinski definition) is 4. The highest BCUT2D eigenvalue weighted by Crippen LogP contribution is 2.54. The van der Waals surface area contributed by atoms with Crippen LogP contribution in [0.15, 0.2) is 127 Å². The summed E-state index contributed by atoms with van der Waals surface area (Å²) in [6.07, 6.45) is 6.73. The average Bonchev–Trinajstić information content (AvgIpc) is 3.14. The van der Waals surface area contributed by atoms with Crippen LogP contribution in [0.5, 0.6) is 0 Å². The van der Waals surface area contributed by atoms with Crippen LogP contribution in [0.2, 0.25) is 0 Å². The van der Waals surface area contributed by atoms with Gasteiger partial charge in [-0.3, -0.25) is 0 Å². The maximum atomic E-state index is 9.59. The summed E-state index contributed by atoms with van der Waals surface area (Å²) in [7, 11) is 0. The van der Waals surface area contributed by atoms with Gasteiger partial charge in [-0.25, -0.2) is 15.0 Å². The Morgan fingerprint density at radius 3 is 1.80 bits per heavy atom. The molecular weight excluding hydrogens is 597 g/mol. The molecule has 4 nitrogen and oxygen atoms in total.